The van der Waals surface area contributed by atoms with Crippen molar-refractivity contribution in [2.24, 2.45) is 16.6 Å². The summed E-state index contributed by atoms with van der Waals surface area (Å²) in [7, 11) is 0. The number of nitrogens with zero attached hydrogens (tertiary/aromatic N) is 1. The van der Waals surface area contributed by atoms with Crippen molar-refractivity contribution in [3.05, 3.63) is 35.4 Å². The Kier molecular flexibility index (Phi) is 3.33. The van der Waals surface area contributed by atoms with Crippen molar-refractivity contribution in [1.29, 1.82) is 0 Å². The van der Waals surface area contributed by atoms with Crippen LogP contribution in [0.4, 0.5) is 0 Å². The zero-order chi connectivity index (χ0) is 12.4. The van der Waals surface area contributed by atoms with E-state index in [-0.39, 0.29) is 0 Å². The van der Waals surface area contributed by atoms with E-state index in [1.54, 1.807) is 0 Å². The summed E-state index contributed by atoms with van der Waals surface area (Å²) < 4.78 is 0. The van der Waals surface area contributed by atoms with Crippen LogP contribution in [0.25, 0.3) is 0 Å². The van der Waals surface area contributed by atoms with Crippen LogP contribution in [0.2, 0.25) is 0 Å². The predicted molar refractivity (Wildman–Crippen MR) is 74.7 cm³/mol. The fraction of sp³-hybridized carbons (Fsp3) is 0.533. The summed E-state index contributed by atoms with van der Waals surface area (Å²) in [6, 6.07) is 9.00. The van der Waals surface area contributed by atoms with E-state index >= 15 is 0 Å². The number of benzene rings is 1. The molecule has 1 fully saturated rings. The summed E-state index contributed by atoms with van der Waals surface area (Å²) in [6.45, 7) is 1.82. The van der Waals surface area contributed by atoms with Gasteiger partial charge in [0.1, 0.15) is 0 Å². The topological polar surface area (TPSA) is 50.4 Å². The summed E-state index contributed by atoms with van der Waals surface area (Å²) >= 11 is 0. The van der Waals surface area contributed by atoms with Crippen LogP contribution in [0.3, 0.4) is 0 Å². The van der Waals surface area contributed by atoms with Crippen LogP contribution in [0.5, 0.6) is 0 Å². The van der Waals surface area contributed by atoms with Gasteiger partial charge < -0.3 is 11.1 Å². The number of hydrogen-bond acceptors (Lipinski definition) is 2. The lowest BCUT2D eigenvalue weighted by molar-refractivity contribution is 0.408. The van der Waals surface area contributed by atoms with Crippen LogP contribution >= 0.6 is 0 Å². The van der Waals surface area contributed by atoms with Crippen LogP contribution in [0.15, 0.2) is 29.3 Å². The SMILES string of the molecule is NC(=NCC1NCCc2ccccc21)C1CCC1. The first-order valence-corrected chi connectivity index (χ1v) is 6.95. The number of fused-ring (bicyclic) bond motifs is 1. The van der Waals surface area contributed by atoms with E-state index < -0.39 is 0 Å². The van der Waals surface area contributed by atoms with E-state index in [1.165, 1.54) is 30.4 Å². The first-order valence-electron chi connectivity index (χ1n) is 6.95. The van der Waals surface area contributed by atoms with Gasteiger partial charge in [0.2, 0.25) is 0 Å². The summed E-state index contributed by atoms with van der Waals surface area (Å²) in [5.41, 5.74) is 8.89. The first-order chi connectivity index (χ1) is 8.84. The second kappa shape index (κ2) is 5.11. The molecule has 3 N–H and O–H groups in total. The van der Waals surface area contributed by atoms with Crippen molar-refractivity contribution < 1.29 is 0 Å². The van der Waals surface area contributed by atoms with Gasteiger partial charge in [0.05, 0.1) is 18.4 Å². The van der Waals surface area contributed by atoms with Gasteiger partial charge in [-0.2, -0.15) is 0 Å². The molecule has 0 amide bonds. The summed E-state index contributed by atoms with van der Waals surface area (Å²) in [6.07, 6.45) is 4.88. The fourth-order valence-corrected chi connectivity index (χ4v) is 2.79. The molecule has 3 nitrogen and oxygen atoms in total. The summed E-state index contributed by atoms with van der Waals surface area (Å²) in [5, 5.41) is 3.54. The molecule has 1 aliphatic heterocycles. The molecule has 0 radical (unpaired) electrons. The standard InChI is InChI=1S/C15H21N3/c16-15(12-5-3-6-12)18-10-14-13-7-2-1-4-11(13)8-9-17-14/h1-2,4,7,12,14,17H,3,5-6,8-10H2,(H2,16,18). The zero-order valence-corrected chi connectivity index (χ0v) is 10.7. The third-order valence-corrected chi connectivity index (χ3v) is 4.20. The molecule has 3 heteroatoms. The predicted octanol–water partition coefficient (Wildman–Crippen LogP) is 2.03. The smallest absolute Gasteiger partial charge is 0.0969 e. The van der Waals surface area contributed by atoms with Gasteiger partial charge in [0, 0.05) is 5.92 Å². The van der Waals surface area contributed by atoms with Crippen molar-refractivity contribution >= 4 is 5.84 Å². The monoisotopic (exact) mass is 243 g/mol. The Morgan fingerprint density at radius 1 is 1.33 bits per heavy atom. The molecule has 1 heterocycles. The Bertz CT molecular complexity index is 449. The molecule has 1 atom stereocenters. The van der Waals surface area contributed by atoms with Gasteiger partial charge in [-0.25, -0.2) is 0 Å². The minimum absolute atomic E-state index is 0.341. The highest BCUT2D eigenvalue weighted by Crippen LogP contribution is 2.27. The maximum Gasteiger partial charge on any atom is 0.0969 e. The maximum absolute atomic E-state index is 6.04. The quantitative estimate of drug-likeness (QED) is 0.630. The van der Waals surface area contributed by atoms with E-state index in [2.05, 4.69) is 34.6 Å². The molecule has 0 aromatic heterocycles. The van der Waals surface area contributed by atoms with E-state index in [0.29, 0.717) is 12.0 Å². The van der Waals surface area contributed by atoms with Gasteiger partial charge in [-0.15, -0.1) is 0 Å². The molecule has 0 bridgehead atoms. The molecule has 0 saturated heterocycles. The number of nitrogens with one attached hydrogen (secondary N) is 1. The molecule has 96 valence electrons. The highest BCUT2D eigenvalue weighted by atomic mass is 15.0. The second-order valence-electron chi connectivity index (χ2n) is 5.35. The van der Waals surface area contributed by atoms with Crippen molar-refractivity contribution in [3.8, 4) is 0 Å². The lowest BCUT2D eigenvalue weighted by Gasteiger charge is -2.27. The molecule has 1 aromatic carbocycles. The van der Waals surface area contributed by atoms with Crippen LogP contribution in [0, 0.1) is 5.92 Å². The summed E-state index contributed by atoms with van der Waals surface area (Å²) in [4.78, 5) is 4.60. The highest BCUT2D eigenvalue weighted by Gasteiger charge is 2.22. The van der Waals surface area contributed by atoms with Gasteiger partial charge in [0.25, 0.3) is 0 Å². The summed E-state index contributed by atoms with van der Waals surface area (Å²) in [5.74, 6) is 1.43. The van der Waals surface area contributed by atoms with Crippen molar-refractivity contribution in [2.45, 2.75) is 31.7 Å². The minimum Gasteiger partial charge on any atom is -0.387 e. The molecular formula is C15H21N3. The Morgan fingerprint density at radius 2 is 2.17 bits per heavy atom. The number of nitrogens with two attached hydrogens (primary N) is 1. The Balaban J connectivity index is 1.70. The number of aliphatic imine (C=N–C) groups is 1. The van der Waals surface area contributed by atoms with Gasteiger partial charge in [-0.3, -0.25) is 4.99 Å². The number of hydrogen-bond donors (Lipinski definition) is 2. The number of rotatable bonds is 3. The van der Waals surface area contributed by atoms with Crippen LogP contribution in [-0.4, -0.2) is 18.9 Å². The van der Waals surface area contributed by atoms with Gasteiger partial charge in [0.15, 0.2) is 0 Å². The average Bonchev–Trinajstić information content (AvgIpc) is 2.34. The molecule has 2 aliphatic rings. The normalized spacial score (nSPS) is 24.4. The third kappa shape index (κ3) is 2.27. The lowest BCUT2D eigenvalue weighted by Crippen LogP contribution is -2.34. The van der Waals surface area contributed by atoms with E-state index in [9.17, 15) is 0 Å². The Morgan fingerprint density at radius 3 is 2.94 bits per heavy atom. The Labute approximate surface area is 108 Å². The average molecular weight is 243 g/mol. The first kappa shape index (κ1) is 11.7. The van der Waals surface area contributed by atoms with Crippen molar-refractivity contribution in [2.75, 3.05) is 13.1 Å². The highest BCUT2D eigenvalue weighted by molar-refractivity contribution is 5.83. The molecule has 1 aliphatic carbocycles. The largest absolute Gasteiger partial charge is 0.387 e. The number of amidine groups is 1. The fourth-order valence-electron chi connectivity index (χ4n) is 2.79. The van der Waals surface area contributed by atoms with Gasteiger partial charge in [-0.1, -0.05) is 30.7 Å². The van der Waals surface area contributed by atoms with Gasteiger partial charge in [-0.05, 0) is 36.9 Å². The molecule has 1 aromatic rings. The third-order valence-electron chi connectivity index (χ3n) is 4.20. The van der Waals surface area contributed by atoms with Crippen LogP contribution in [0.1, 0.15) is 36.4 Å². The molecular weight excluding hydrogens is 222 g/mol. The van der Waals surface area contributed by atoms with E-state index in [4.69, 9.17) is 5.73 Å². The zero-order valence-electron chi connectivity index (χ0n) is 10.7. The maximum atomic E-state index is 6.04. The van der Waals surface area contributed by atoms with Gasteiger partial charge >= 0.3 is 0 Å². The molecule has 1 unspecified atom stereocenters. The molecule has 0 spiro atoms. The van der Waals surface area contributed by atoms with E-state index in [1.807, 2.05) is 0 Å². The molecule has 18 heavy (non-hydrogen) atoms. The second-order valence-corrected chi connectivity index (χ2v) is 5.35. The van der Waals surface area contributed by atoms with Crippen LogP contribution < -0.4 is 11.1 Å². The van der Waals surface area contributed by atoms with E-state index in [0.717, 1.165) is 25.3 Å². The Hall–Kier alpha value is -1.35. The van der Waals surface area contributed by atoms with Crippen LogP contribution in [-0.2, 0) is 6.42 Å². The van der Waals surface area contributed by atoms with Crippen molar-refractivity contribution in [1.82, 2.24) is 5.32 Å². The van der Waals surface area contributed by atoms with Crippen molar-refractivity contribution in [3.63, 3.8) is 0 Å². The molecule has 3 rings (SSSR count). The lowest BCUT2D eigenvalue weighted by atomic mass is 9.84. The minimum atomic E-state index is 0.341. The molecule has 1 saturated carbocycles.